The van der Waals surface area contributed by atoms with E-state index in [0.717, 1.165) is 12.1 Å². The molecule has 0 fully saturated rings. The molecule has 3 rings (SSSR count). The van der Waals surface area contributed by atoms with Crippen molar-refractivity contribution in [3.63, 3.8) is 0 Å². The Hall–Kier alpha value is -3.92. The van der Waals surface area contributed by atoms with Gasteiger partial charge in [-0.2, -0.15) is 13.2 Å². The van der Waals surface area contributed by atoms with Crippen LogP contribution in [-0.2, 0) is 6.18 Å². The van der Waals surface area contributed by atoms with Gasteiger partial charge in [0.05, 0.1) is 12.7 Å². The largest absolute Gasteiger partial charge is 0.497 e. The Morgan fingerprint density at radius 1 is 0.818 bits per heavy atom. The molecule has 10 heteroatoms. The van der Waals surface area contributed by atoms with E-state index in [0.29, 0.717) is 17.0 Å². The highest BCUT2D eigenvalue weighted by Crippen LogP contribution is 2.30. The number of hydrogen-bond acceptors (Lipinski definition) is 4. The van der Waals surface area contributed by atoms with Crippen LogP contribution in [0, 0.1) is 0 Å². The Kier molecular flexibility index (Phi) is 7.29. The van der Waals surface area contributed by atoms with Crippen LogP contribution in [0.15, 0.2) is 72.8 Å². The van der Waals surface area contributed by atoms with Crippen LogP contribution >= 0.6 is 12.2 Å². The monoisotopic (exact) mass is 473 g/mol. The van der Waals surface area contributed by atoms with Crippen LogP contribution in [0.3, 0.4) is 0 Å². The van der Waals surface area contributed by atoms with Gasteiger partial charge in [-0.05, 0) is 78.9 Å². The van der Waals surface area contributed by atoms with Crippen molar-refractivity contribution in [3.05, 3.63) is 89.5 Å². The summed E-state index contributed by atoms with van der Waals surface area (Å²) in [6, 6.07) is 16.9. The average Bonchev–Trinajstić information content (AvgIpc) is 2.79. The van der Waals surface area contributed by atoms with Crippen LogP contribution in [0.4, 0.5) is 24.5 Å². The molecule has 3 aromatic carbocycles. The second-order valence-electron chi connectivity index (χ2n) is 6.75. The van der Waals surface area contributed by atoms with E-state index in [1.807, 2.05) is 0 Å². The number of rotatable bonds is 5. The fourth-order valence-corrected chi connectivity index (χ4v) is 2.97. The minimum atomic E-state index is -4.50. The Morgan fingerprint density at radius 3 is 2.03 bits per heavy atom. The number of methoxy groups -OCH3 is 1. The van der Waals surface area contributed by atoms with Crippen molar-refractivity contribution in [2.24, 2.45) is 0 Å². The molecule has 0 aliphatic carbocycles. The highest BCUT2D eigenvalue weighted by Gasteiger charge is 2.30. The molecule has 0 bridgehead atoms. The molecule has 0 unspecified atom stereocenters. The van der Waals surface area contributed by atoms with Crippen molar-refractivity contribution in [1.82, 2.24) is 5.32 Å². The first-order valence-electron chi connectivity index (χ1n) is 9.51. The van der Waals surface area contributed by atoms with Gasteiger partial charge in [-0.15, -0.1) is 0 Å². The molecule has 3 aromatic rings. The van der Waals surface area contributed by atoms with E-state index < -0.39 is 23.6 Å². The molecule has 0 spiro atoms. The third kappa shape index (κ3) is 6.53. The summed E-state index contributed by atoms with van der Waals surface area (Å²) in [4.78, 5) is 24.6. The van der Waals surface area contributed by atoms with E-state index in [2.05, 4.69) is 16.0 Å². The number of carbonyl (C=O) groups is 2. The van der Waals surface area contributed by atoms with Crippen LogP contribution in [-0.4, -0.2) is 24.0 Å². The van der Waals surface area contributed by atoms with Gasteiger partial charge in [0, 0.05) is 22.5 Å². The SMILES string of the molecule is COc1ccc(C(=O)NC(=S)Nc2ccc(C(=O)Nc3cccc(C(F)(F)F)c3)cc2)cc1. The topological polar surface area (TPSA) is 79.5 Å². The predicted octanol–water partition coefficient (Wildman–Crippen LogP) is 5.09. The maximum Gasteiger partial charge on any atom is 0.416 e. The summed E-state index contributed by atoms with van der Waals surface area (Å²) in [5, 5.41) is 7.85. The standard InChI is InChI=1S/C23H18F3N3O3S/c1-32-19-11-7-15(8-12-19)21(31)29-22(33)28-17-9-5-14(6-10-17)20(30)27-18-4-2-3-16(13-18)23(24,25)26/h2-13H,1H3,(H,27,30)(H2,28,29,31,33). The molecule has 0 aliphatic heterocycles. The van der Waals surface area contributed by atoms with Gasteiger partial charge in [0.2, 0.25) is 0 Å². The van der Waals surface area contributed by atoms with Crippen LogP contribution in [0.1, 0.15) is 26.3 Å². The molecule has 0 heterocycles. The maximum absolute atomic E-state index is 12.8. The molecular formula is C23H18F3N3O3S. The first kappa shape index (κ1) is 23.7. The van der Waals surface area contributed by atoms with E-state index in [1.54, 1.807) is 36.4 Å². The molecule has 3 N–H and O–H groups in total. The zero-order valence-electron chi connectivity index (χ0n) is 17.2. The van der Waals surface area contributed by atoms with Crippen LogP contribution < -0.4 is 20.7 Å². The number of nitrogens with one attached hydrogen (secondary N) is 3. The van der Waals surface area contributed by atoms with Gasteiger partial charge in [0.15, 0.2) is 5.11 Å². The van der Waals surface area contributed by atoms with Crippen molar-refractivity contribution in [3.8, 4) is 5.75 Å². The smallest absolute Gasteiger partial charge is 0.416 e. The van der Waals surface area contributed by atoms with Gasteiger partial charge >= 0.3 is 6.18 Å². The molecule has 0 aliphatic rings. The lowest BCUT2D eigenvalue weighted by Gasteiger charge is -2.11. The van der Waals surface area contributed by atoms with Crippen LogP contribution in [0.25, 0.3) is 0 Å². The van der Waals surface area contributed by atoms with Crippen molar-refractivity contribution in [2.75, 3.05) is 17.7 Å². The molecule has 0 atom stereocenters. The Morgan fingerprint density at radius 2 is 1.42 bits per heavy atom. The fourth-order valence-electron chi connectivity index (χ4n) is 2.76. The molecule has 0 saturated carbocycles. The number of carbonyl (C=O) groups excluding carboxylic acids is 2. The van der Waals surface area contributed by atoms with Crippen molar-refractivity contribution >= 4 is 40.5 Å². The lowest BCUT2D eigenvalue weighted by molar-refractivity contribution is -0.137. The Balaban J connectivity index is 1.57. The van der Waals surface area contributed by atoms with Gasteiger partial charge in [-0.1, -0.05) is 6.07 Å². The van der Waals surface area contributed by atoms with E-state index in [9.17, 15) is 22.8 Å². The maximum atomic E-state index is 12.8. The molecule has 0 saturated heterocycles. The number of halogens is 3. The molecule has 0 aromatic heterocycles. The van der Waals surface area contributed by atoms with Crippen LogP contribution in [0.2, 0.25) is 0 Å². The van der Waals surface area contributed by atoms with Gasteiger partial charge < -0.3 is 15.4 Å². The Labute approximate surface area is 192 Å². The summed E-state index contributed by atoms with van der Waals surface area (Å²) in [6.07, 6.45) is -4.50. The van der Waals surface area contributed by atoms with Crippen LogP contribution in [0.5, 0.6) is 5.75 Å². The van der Waals surface area contributed by atoms with Crippen molar-refractivity contribution in [2.45, 2.75) is 6.18 Å². The molecule has 33 heavy (non-hydrogen) atoms. The first-order chi connectivity index (χ1) is 15.7. The molecule has 0 radical (unpaired) electrons. The summed E-state index contributed by atoms with van der Waals surface area (Å²) in [5.74, 6) is -0.368. The van der Waals surface area contributed by atoms with Gasteiger partial charge in [-0.3, -0.25) is 14.9 Å². The number of benzene rings is 3. The summed E-state index contributed by atoms with van der Waals surface area (Å²) in [6.45, 7) is 0. The third-order valence-corrected chi connectivity index (χ3v) is 4.64. The van der Waals surface area contributed by atoms with E-state index in [4.69, 9.17) is 17.0 Å². The van der Waals surface area contributed by atoms with E-state index in [-0.39, 0.29) is 16.4 Å². The number of ether oxygens (including phenoxy) is 1. The minimum Gasteiger partial charge on any atom is -0.497 e. The summed E-state index contributed by atoms with van der Waals surface area (Å²) in [5.41, 5.74) is 0.294. The van der Waals surface area contributed by atoms with Gasteiger partial charge in [0.1, 0.15) is 5.75 Å². The molecule has 2 amide bonds. The fraction of sp³-hybridized carbons (Fsp3) is 0.0870. The normalized spacial score (nSPS) is 10.8. The second kappa shape index (κ2) is 10.1. The van der Waals surface area contributed by atoms with E-state index >= 15 is 0 Å². The van der Waals surface area contributed by atoms with E-state index in [1.165, 1.54) is 31.4 Å². The average molecular weight is 473 g/mol. The highest BCUT2D eigenvalue weighted by molar-refractivity contribution is 7.80. The quantitative estimate of drug-likeness (QED) is 0.450. The number of thiocarbonyl (C=S) groups is 1. The summed E-state index contributed by atoms with van der Waals surface area (Å²) in [7, 11) is 1.52. The predicted molar refractivity (Wildman–Crippen MR) is 123 cm³/mol. The molecular weight excluding hydrogens is 455 g/mol. The van der Waals surface area contributed by atoms with Crippen molar-refractivity contribution in [1.29, 1.82) is 0 Å². The zero-order valence-corrected chi connectivity index (χ0v) is 18.0. The third-order valence-electron chi connectivity index (χ3n) is 4.43. The lowest BCUT2D eigenvalue weighted by atomic mass is 10.1. The number of hydrogen-bond donors (Lipinski definition) is 3. The first-order valence-corrected chi connectivity index (χ1v) is 9.91. The number of amides is 2. The van der Waals surface area contributed by atoms with Gasteiger partial charge in [0.25, 0.3) is 11.8 Å². The lowest BCUT2D eigenvalue weighted by Crippen LogP contribution is -2.34. The second-order valence-corrected chi connectivity index (χ2v) is 7.16. The molecule has 6 nitrogen and oxygen atoms in total. The summed E-state index contributed by atoms with van der Waals surface area (Å²) >= 11 is 5.14. The highest BCUT2D eigenvalue weighted by atomic mass is 32.1. The Bertz CT molecular complexity index is 1160. The number of anilines is 2. The van der Waals surface area contributed by atoms with Crippen molar-refractivity contribution < 1.29 is 27.5 Å². The minimum absolute atomic E-state index is 0.0273. The zero-order chi connectivity index (χ0) is 24.0. The van der Waals surface area contributed by atoms with Gasteiger partial charge in [-0.25, -0.2) is 0 Å². The molecule has 170 valence electrons. The number of alkyl halides is 3. The summed E-state index contributed by atoms with van der Waals surface area (Å²) < 4.78 is 43.5.